The molecule has 2 aliphatic rings. The van der Waals surface area contributed by atoms with Crippen LogP contribution in [0.3, 0.4) is 0 Å². The molecule has 0 radical (unpaired) electrons. The van der Waals surface area contributed by atoms with Crippen LogP contribution in [0.15, 0.2) is 29.8 Å². The molecule has 0 amide bonds. The molecule has 1 saturated carbocycles. The van der Waals surface area contributed by atoms with Gasteiger partial charge in [-0.25, -0.2) is 0 Å². The standard InChI is InChI=1S/C20H22N2O2/c1-23-18-9-8-16(11-19(18)24-17-6-2-3-7-17)20(14-22)10-4-5-15(12-20)13-21/h8-9,11-12,17H,2-7,10H2,1H3. The summed E-state index contributed by atoms with van der Waals surface area (Å²) in [5.74, 6) is 1.40. The molecule has 0 aromatic heterocycles. The van der Waals surface area contributed by atoms with E-state index in [1.165, 1.54) is 12.8 Å². The predicted octanol–water partition coefficient (Wildman–Crippen LogP) is 4.41. The highest BCUT2D eigenvalue weighted by Gasteiger charge is 2.34. The van der Waals surface area contributed by atoms with Crippen LogP contribution in [0.2, 0.25) is 0 Å². The summed E-state index contributed by atoms with van der Waals surface area (Å²) in [5, 5.41) is 19.1. The van der Waals surface area contributed by atoms with E-state index >= 15 is 0 Å². The fourth-order valence-corrected chi connectivity index (χ4v) is 3.70. The molecule has 0 saturated heterocycles. The van der Waals surface area contributed by atoms with Crippen molar-refractivity contribution < 1.29 is 9.47 Å². The Morgan fingerprint density at radius 3 is 2.58 bits per heavy atom. The Morgan fingerprint density at radius 2 is 1.92 bits per heavy atom. The summed E-state index contributed by atoms with van der Waals surface area (Å²) >= 11 is 0. The van der Waals surface area contributed by atoms with Gasteiger partial charge in [-0.3, -0.25) is 0 Å². The summed E-state index contributed by atoms with van der Waals surface area (Å²) in [7, 11) is 1.63. The number of nitrogens with zero attached hydrogens (tertiary/aromatic N) is 2. The van der Waals surface area contributed by atoms with Crippen LogP contribution in [0, 0.1) is 22.7 Å². The van der Waals surface area contributed by atoms with Gasteiger partial charge >= 0.3 is 0 Å². The average molecular weight is 322 g/mol. The molecule has 124 valence electrons. The Kier molecular flexibility index (Phi) is 4.76. The van der Waals surface area contributed by atoms with Gasteiger partial charge in [-0.1, -0.05) is 6.07 Å². The fraction of sp³-hybridized carbons (Fsp3) is 0.500. The number of nitriles is 2. The fourth-order valence-electron chi connectivity index (χ4n) is 3.70. The highest BCUT2D eigenvalue weighted by Crippen LogP contribution is 2.41. The van der Waals surface area contributed by atoms with Crippen molar-refractivity contribution in [2.45, 2.75) is 56.5 Å². The van der Waals surface area contributed by atoms with Gasteiger partial charge in [-0.05, 0) is 68.7 Å². The number of rotatable bonds is 4. The monoisotopic (exact) mass is 322 g/mol. The molecule has 0 bridgehead atoms. The van der Waals surface area contributed by atoms with E-state index in [2.05, 4.69) is 12.1 Å². The highest BCUT2D eigenvalue weighted by molar-refractivity contribution is 5.51. The zero-order valence-corrected chi connectivity index (χ0v) is 14.0. The zero-order chi connectivity index (χ0) is 17.0. The van der Waals surface area contributed by atoms with Crippen molar-refractivity contribution in [3.05, 3.63) is 35.4 Å². The molecule has 0 heterocycles. The zero-order valence-electron chi connectivity index (χ0n) is 14.0. The first-order valence-electron chi connectivity index (χ1n) is 8.59. The van der Waals surface area contributed by atoms with E-state index in [4.69, 9.17) is 9.47 Å². The summed E-state index contributed by atoms with van der Waals surface area (Å²) in [6.45, 7) is 0. The lowest BCUT2D eigenvalue weighted by Gasteiger charge is -2.28. The van der Waals surface area contributed by atoms with Crippen molar-refractivity contribution in [1.82, 2.24) is 0 Å². The molecule has 0 spiro atoms. The van der Waals surface area contributed by atoms with Crippen molar-refractivity contribution in [3.8, 4) is 23.6 Å². The third kappa shape index (κ3) is 3.10. The number of hydrogen-bond donors (Lipinski definition) is 0. The van der Waals surface area contributed by atoms with Crippen LogP contribution in [-0.4, -0.2) is 13.2 Å². The molecule has 1 aromatic rings. The lowest BCUT2D eigenvalue weighted by Crippen LogP contribution is -2.25. The smallest absolute Gasteiger partial charge is 0.161 e. The number of methoxy groups -OCH3 is 1. The second-order valence-electron chi connectivity index (χ2n) is 6.61. The maximum absolute atomic E-state index is 9.83. The van der Waals surface area contributed by atoms with Crippen molar-refractivity contribution in [2.75, 3.05) is 7.11 Å². The number of benzene rings is 1. The molecule has 0 N–H and O–H groups in total. The lowest BCUT2D eigenvalue weighted by atomic mass is 9.72. The first-order valence-corrected chi connectivity index (χ1v) is 8.59. The normalized spacial score (nSPS) is 23.9. The van der Waals surface area contributed by atoms with Gasteiger partial charge in [0, 0.05) is 5.57 Å². The third-order valence-corrected chi connectivity index (χ3v) is 5.06. The first kappa shape index (κ1) is 16.4. The van der Waals surface area contributed by atoms with E-state index in [9.17, 15) is 10.5 Å². The summed E-state index contributed by atoms with van der Waals surface area (Å²) in [5.41, 5.74) is 0.826. The molecule has 3 rings (SSSR count). The average Bonchev–Trinajstić information content (AvgIpc) is 3.14. The molecule has 2 aliphatic carbocycles. The van der Waals surface area contributed by atoms with E-state index in [1.807, 2.05) is 24.3 Å². The molecule has 1 aromatic carbocycles. The van der Waals surface area contributed by atoms with Crippen molar-refractivity contribution in [3.63, 3.8) is 0 Å². The number of allylic oxidation sites excluding steroid dienone is 2. The van der Waals surface area contributed by atoms with Crippen LogP contribution >= 0.6 is 0 Å². The summed E-state index contributed by atoms with van der Waals surface area (Å²) in [4.78, 5) is 0. The topological polar surface area (TPSA) is 66.0 Å². The van der Waals surface area contributed by atoms with Gasteiger partial charge in [-0.2, -0.15) is 10.5 Å². The Balaban J connectivity index is 1.98. The Bertz CT molecular complexity index is 720. The van der Waals surface area contributed by atoms with Gasteiger partial charge in [0.1, 0.15) is 5.41 Å². The molecule has 0 aliphatic heterocycles. The minimum atomic E-state index is -0.747. The van der Waals surface area contributed by atoms with Crippen LogP contribution in [0.4, 0.5) is 0 Å². The minimum Gasteiger partial charge on any atom is -0.493 e. The van der Waals surface area contributed by atoms with Gasteiger partial charge in [0.25, 0.3) is 0 Å². The van der Waals surface area contributed by atoms with Gasteiger partial charge in [-0.15, -0.1) is 0 Å². The van der Waals surface area contributed by atoms with Gasteiger partial charge in [0.05, 0.1) is 25.4 Å². The van der Waals surface area contributed by atoms with E-state index in [0.29, 0.717) is 17.1 Å². The molecular formula is C20H22N2O2. The van der Waals surface area contributed by atoms with Crippen molar-refractivity contribution >= 4 is 0 Å². The minimum absolute atomic E-state index is 0.226. The lowest BCUT2D eigenvalue weighted by molar-refractivity contribution is 0.200. The van der Waals surface area contributed by atoms with Gasteiger partial charge < -0.3 is 9.47 Å². The first-order chi connectivity index (χ1) is 11.7. The van der Waals surface area contributed by atoms with Gasteiger partial charge in [0.15, 0.2) is 11.5 Å². The van der Waals surface area contributed by atoms with E-state index in [-0.39, 0.29) is 6.10 Å². The number of hydrogen-bond acceptors (Lipinski definition) is 4. The molecule has 1 atom stereocenters. The van der Waals surface area contributed by atoms with Crippen molar-refractivity contribution in [2.24, 2.45) is 0 Å². The largest absolute Gasteiger partial charge is 0.493 e. The maximum Gasteiger partial charge on any atom is 0.161 e. The molecule has 24 heavy (non-hydrogen) atoms. The Morgan fingerprint density at radius 1 is 1.12 bits per heavy atom. The van der Waals surface area contributed by atoms with Crippen LogP contribution in [0.25, 0.3) is 0 Å². The summed E-state index contributed by atoms with van der Waals surface area (Å²) in [6, 6.07) is 10.4. The van der Waals surface area contributed by atoms with Crippen molar-refractivity contribution in [1.29, 1.82) is 10.5 Å². The highest BCUT2D eigenvalue weighted by atomic mass is 16.5. The maximum atomic E-state index is 9.83. The molecule has 1 unspecified atom stereocenters. The summed E-state index contributed by atoms with van der Waals surface area (Å²) < 4.78 is 11.6. The van der Waals surface area contributed by atoms with Crippen LogP contribution in [-0.2, 0) is 5.41 Å². The van der Waals surface area contributed by atoms with Crippen LogP contribution in [0.1, 0.15) is 50.5 Å². The van der Waals surface area contributed by atoms with Crippen LogP contribution < -0.4 is 9.47 Å². The van der Waals surface area contributed by atoms with E-state index in [1.54, 1.807) is 7.11 Å². The predicted molar refractivity (Wildman–Crippen MR) is 90.7 cm³/mol. The summed E-state index contributed by atoms with van der Waals surface area (Å²) in [6.07, 6.45) is 8.90. The Labute approximate surface area is 143 Å². The van der Waals surface area contributed by atoms with Crippen LogP contribution in [0.5, 0.6) is 11.5 Å². The SMILES string of the molecule is COc1ccc(C2(C#N)C=C(C#N)CCC2)cc1OC1CCCC1. The van der Waals surface area contributed by atoms with E-state index < -0.39 is 5.41 Å². The molecule has 4 heteroatoms. The molecule has 4 nitrogen and oxygen atoms in total. The molecular weight excluding hydrogens is 300 g/mol. The Hall–Kier alpha value is -2.46. The number of ether oxygens (including phenoxy) is 2. The third-order valence-electron chi connectivity index (χ3n) is 5.06. The second kappa shape index (κ2) is 6.97. The second-order valence-corrected chi connectivity index (χ2v) is 6.61. The quantitative estimate of drug-likeness (QED) is 0.823. The molecule has 1 fully saturated rings. The van der Waals surface area contributed by atoms with E-state index in [0.717, 1.165) is 37.7 Å². The van der Waals surface area contributed by atoms with Gasteiger partial charge in [0.2, 0.25) is 0 Å².